The van der Waals surface area contributed by atoms with Crippen LogP contribution in [0.25, 0.3) is 6.08 Å². The largest absolute Gasteiger partial charge is 0.493 e. The van der Waals surface area contributed by atoms with E-state index in [-0.39, 0.29) is 25.0 Å². The standard InChI is InChI=1S/C26H23N3O4/c1-3-16-33-23-13-11-19(17-24(23)32-2)12-14-25(30)29-22-10-5-4-9-21(22)26(31)28-18-20-8-6-7-15-27-20/h1,4-15,17H,16,18H2,2H3,(H,28,31)(H,29,30)/b14-12+. The summed E-state index contributed by atoms with van der Waals surface area (Å²) in [6.45, 7) is 0.410. The number of methoxy groups -OCH3 is 1. The first-order chi connectivity index (χ1) is 16.1. The van der Waals surface area contributed by atoms with Crippen LogP contribution >= 0.6 is 0 Å². The molecule has 0 spiro atoms. The van der Waals surface area contributed by atoms with Crippen molar-refractivity contribution in [2.24, 2.45) is 0 Å². The number of hydrogen-bond acceptors (Lipinski definition) is 5. The number of carbonyl (C=O) groups excluding carboxylic acids is 2. The van der Waals surface area contributed by atoms with E-state index in [9.17, 15) is 9.59 Å². The number of rotatable bonds is 9. The molecule has 1 aromatic heterocycles. The van der Waals surface area contributed by atoms with Gasteiger partial charge in [-0.3, -0.25) is 14.6 Å². The maximum atomic E-state index is 12.6. The van der Waals surface area contributed by atoms with Gasteiger partial charge >= 0.3 is 0 Å². The first kappa shape index (κ1) is 23.1. The average molecular weight is 441 g/mol. The lowest BCUT2D eigenvalue weighted by Gasteiger charge is -2.10. The Balaban J connectivity index is 1.65. The van der Waals surface area contributed by atoms with E-state index in [2.05, 4.69) is 21.5 Å². The molecule has 0 atom stereocenters. The number of nitrogens with one attached hydrogen (secondary N) is 2. The van der Waals surface area contributed by atoms with Crippen LogP contribution in [-0.4, -0.2) is 30.5 Å². The highest BCUT2D eigenvalue weighted by Crippen LogP contribution is 2.28. The van der Waals surface area contributed by atoms with Gasteiger partial charge in [-0.2, -0.15) is 0 Å². The minimum Gasteiger partial charge on any atom is -0.493 e. The summed E-state index contributed by atoms with van der Waals surface area (Å²) >= 11 is 0. The van der Waals surface area contributed by atoms with Gasteiger partial charge in [-0.25, -0.2) is 0 Å². The molecule has 0 unspecified atom stereocenters. The van der Waals surface area contributed by atoms with Crippen LogP contribution in [0.4, 0.5) is 5.69 Å². The fraction of sp³-hybridized carbons (Fsp3) is 0.115. The molecule has 3 rings (SSSR count). The maximum Gasteiger partial charge on any atom is 0.253 e. The van der Waals surface area contributed by atoms with Gasteiger partial charge in [0.05, 0.1) is 30.6 Å². The minimum absolute atomic E-state index is 0.128. The van der Waals surface area contributed by atoms with E-state index in [0.29, 0.717) is 22.7 Å². The smallest absolute Gasteiger partial charge is 0.253 e. The van der Waals surface area contributed by atoms with Crippen molar-refractivity contribution in [1.82, 2.24) is 10.3 Å². The minimum atomic E-state index is -0.383. The molecule has 0 aliphatic carbocycles. The van der Waals surface area contributed by atoms with Crippen molar-refractivity contribution >= 4 is 23.6 Å². The van der Waals surface area contributed by atoms with E-state index in [1.54, 1.807) is 60.8 Å². The predicted molar refractivity (Wildman–Crippen MR) is 127 cm³/mol. The van der Waals surface area contributed by atoms with Gasteiger partial charge < -0.3 is 20.1 Å². The van der Waals surface area contributed by atoms with E-state index in [0.717, 1.165) is 11.3 Å². The third-order valence-corrected chi connectivity index (χ3v) is 4.51. The molecular formula is C26H23N3O4. The second kappa shape index (κ2) is 11.7. The van der Waals surface area contributed by atoms with Crippen molar-refractivity contribution in [3.05, 3.63) is 89.8 Å². The number of carbonyl (C=O) groups is 2. The van der Waals surface area contributed by atoms with Gasteiger partial charge in [0.2, 0.25) is 5.91 Å². The summed E-state index contributed by atoms with van der Waals surface area (Å²) < 4.78 is 10.7. The highest BCUT2D eigenvalue weighted by atomic mass is 16.5. The third kappa shape index (κ3) is 6.71. The van der Waals surface area contributed by atoms with Gasteiger partial charge in [-0.15, -0.1) is 6.42 Å². The maximum absolute atomic E-state index is 12.6. The zero-order valence-electron chi connectivity index (χ0n) is 18.1. The van der Waals surface area contributed by atoms with Gasteiger partial charge in [-0.1, -0.05) is 30.2 Å². The van der Waals surface area contributed by atoms with Crippen molar-refractivity contribution in [1.29, 1.82) is 0 Å². The zero-order valence-corrected chi connectivity index (χ0v) is 18.1. The number of terminal acetylenes is 1. The SMILES string of the molecule is C#CCOc1ccc(/C=C/C(=O)Nc2ccccc2C(=O)NCc2ccccn2)cc1OC. The third-order valence-electron chi connectivity index (χ3n) is 4.51. The van der Waals surface area contributed by atoms with E-state index < -0.39 is 0 Å². The summed E-state index contributed by atoms with van der Waals surface area (Å²) in [6, 6.07) is 17.5. The van der Waals surface area contributed by atoms with Gasteiger partial charge in [-0.05, 0) is 48.0 Å². The zero-order chi connectivity index (χ0) is 23.5. The van der Waals surface area contributed by atoms with Crippen LogP contribution < -0.4 is 20.1 Å². The van der Waals surface area contributed by atoms with Gasteiger partial charge in [0, 0.05) is 12.3 Å². The molecule has 0 aliphatic rings. The summed E-state index contributed by atoms with van der Waals surface area (Å²) in [6.07, 6.45) is 9.88. The predicted octanol–water partition coefficient (Wildman–Crippen LogP) is 3.68. The molecule has 7 heteroatoms. The van der Waals surface area contributed by atoms with E-state index >= 15 is 0 Å². The Bertz CT molecular complexity index is 1180. The summed E-state index contributed by atoms with van der Waals surface area (Å²) in [4.78, 5) is 29.3. The van der Waals surface area contributed by atoms with Crippen molar-refractivity contribution in [3.8, 4) is 23.8 Å². The fourth-order valence-electron chi connectivity index (χ4n) is 2.93. The number of amides is 2. The molecule has 3 aromatic rings. The molecule has 0 saturated heterocycles. The quantitative estimate of drug-likeness (QED) is 0.391. The van der Waals surface area contributed by atoms with Crippen LogP contribution in [0.3, 0.4) is 0 Å². The molecule has 0 radical (unpaired) electrons. The van der Waals surface area contributed by atoms with E-state index in [1.165, 1.54) is 13.2 Å². The Morgan fingerprint density at radius 2 is 1.91 bits per heavy atom. The van der Waals surface area contributed by atoms with Crippen LogP contribution in [-0.2, 0) is 11.3 Å². The Kier molecular flexibility index (Phi) is 8.21. The van der Waals surface area contributed by atoms with Gasteiger partial charge in [0.1, 0.15) is 6.61 Å². The molecule has 2 N–H and O–H groups in total. The molecule has 0 saturated carbocycles. The van der Waals surface area contributed by atoms with Crippen molar-refractivity contribution in [3.63, 3.8) is 0 Å². The Morgan fingerprint density at radius 1 is 1.09 bits per heavy atom. The number of ether oxygens (including phenoxy) is 2. The molecule has 7 nitrogen and oxygen atoms in total. The Morgan fingerprint density at radius 3 is 2.67 bits per heavy atom. The number of aromatic nitrogens is 1. The molecule has 0 bridgehead atoms. The van der Waals surface area contributed by atoms with Crippen LogP contribution in [0, 0.1) is 12.3 Å². The molecule has 33 heavy (non-hydrogen) atoms. The average Bonchev–Trinajstić information content (AvgIpc) is 2.86. The monoisotopic (exact) mass is 441 g/mol. The number of para-hydroxylation sites is 1. The number of nitrogens with zero attached hydrogens (tertiary/aromatic N) is 1. The van der Waals surface area contributed by atoms with Gasteiger partial charge in [0.25, 0.3) is 5.91 Å². The molecule has 2 aromatic carbocycles. The van der Waals surface area contributed by atoms with Crippen LogP contribution in [0.1, 0.15) is 21.6 Å². The van der Waals surface area contributed by atoms with Crippen molar-refractivity contribution < 1.29 is 19.1 Å². The number of pyridine rings is 1. The molecule has 0 fully saturated rings. The van der Waals surface area contributed by atoms with Crippen LogP contribution in [0.2, 0.25) is 0 Å². The van der Waals surface area contributed by atoms with Crippen molar-refractivity contribution in [2.45, 2.75) is 6.54 Å². The van der Waals surface area contributed by atoms with Crippen molar-refractivity contribution in [2.75, 3.05) is 19.0 Å². The second-order valence-electron chi connectivity index (χ2n) is 6.78. The summed E-state index contributed by atoms with van der Waals surface area (Å²) in [5.74, 6) is 2.72. The molecule has 1 heterocycles. The molecule has 166 valence electrons. The lowest BCUT2D eigenvalue weighted by Crippen LogP contribution is -2.25. The summed E-state index contributed by atoms with van der Waals surface area (Å²) in [7, 11) is 1.52. The highest BCUT2D eigenvalue weighted by molar-refractivity contribution is 6.07. The number of benzene rings is 2. The summed E-state index contributed by atoms with van der Waals surface area (Å²) in [5.41, 5.74) is 2.23. The number of hydrogen-bond donors (Lipinski definition) is 2. The second-order valence-corrected chi connectivity index (χ2v) is 6.78. The van der Waals surface area contributed by atoms with Gasteiger partial charge in [0.15, 0.2) is 11.5 Å². The lowest BCUT2D eigenvalue weighted by molar-refractivity contribution is -0.111. The first-order valence-corrected chi connectivity index (χ1v) is 10.1. The number of anilines is 1. The normalized spacial score (nSPS) is 10.3. The highest BCUT2D eigenvalue weighted by Gasteiger charge is 2.12. The topological polar surface area (TPSA) is 89.5 Å². The molecule has 0 aliphatic heterocycles. The molecular weight excluding hydrogens is 418 g/mol. The Labute approximate surface area is 192 Å². The van der Waals surface area contributed by atoms with Crippen LogP contribution in [0.15, 0.2) is 72.9 Å². The fourth-order valence-corrected chi connectivity index (χ4v) is 2.93. The van der Waals surface area contributed by atoms with E-state index in [1.807, 2.05) is 12.1 Å². The lowest BCUT2D eigenvalue weighted by atomic mass is 10.1. The van der Waals surface area contributed by atoms with Crippen LogP contribution in [0.5, 0.6) is 11.5 Å². The Hall–Kier alpha value is -4.57. The molecule has 2 amide bonds. The first-order valence-electron chi connectivity index (χ1n) is 10.1. The van der Waals surface area contributed by atoms with E-state index in [4.69, 9.17) is 15.9 Å². The summed E-state index contributed by atoms with van der Waals surface area (Å²) in [5, 5.41) is 5.56.